The molecule has 2 aromatic rings. The summed E-state index contributed by atoms with van der Waals surface area (Å²) in [6.07, 6.45) is -1.95. The molecule has 4 nitrogen and oxygen atoms in total. The number of hydrogen-bond donors (Lipinski definition) is 2. The normalized spacial score (nSPS) is 16.5. The van der Waals surface area contributed by atoms with Crippen molar-refractivity contribution in [3.63, 3.8) is 0 Å². The Kier molecular flexibility index (Phi) is 5.21. The van der Waals surface area contributed by atoms with Crippen molar-refractivity contribution < 1.29 is 22.8 Å². The van der Waals surface area contributed by atoms with Gasteiger partial charge in [0.1, 0.15) is 0 Å². The molecule has 1 aliphatic rings. The number of nitrogens with two attached hydrogens (primary N) is 1. The molecule has 27 heavy (non-hydrogen) atoms. The lowest BCUT2D eigenvalue weighted by Gasteiger charge is -2.27. The minimum Gasteiger partial charge on any atom is -0.366 e. The van der Waals surface area contributed by atoms with E-state index in [9.17, 15) is 22.8 Å². The molecule has 0 saturated carbocycles. The van der Waals surface area contributed by atoms with E-state index in [1.807, 2.05) is 0 Å². The Morgan fingerprint density at radius 2 is 1.81 bits per heavy atom. The van der Waals surface area contributed by atoms with E-state index in [0.29, 0.717) is 11.1 Å². The molecule has 2 aromatic carbocycles. The molecular formula is C20H19F3N2O2. The standard InChI is InChI=1S/C20H19F3N2O2/c21-20(22,23)15-7-4-12(5-8-15)10-18(26)25-17-3-1-2-13-11-14(19(24)27)6-9-16(13)17/h4-9,11,17H,1-3,10H2,(H2,24,27)(H,25,26). The quantitative estimate of drug-likeness (QED) is 0.857. The topological polar surface area (TPSA) is 72.2 Å². The number of halogens is 3. The van der Waals surface area contributed by atoms with Crippen molar-refractivity contribution in [2.75, 3.05) is 0 Å². The van der Waals surface area contributed by atoms with Crippen LogP contribution < -0.4 is 11.1 Å². The van der Waals surface area contributed by atoms with Crippen LogP contribution in [0.2, 0.25) is 0 Å². The Labute approximate surface area is 154 Å². The van der Waals surface area contributed by atoms with Crippen LogP contribution in [0.1, 0.15) is 51.5 Å². The van der Waals surface area contributed by atoms with Gasteiger partial charge in [0.05, 0.1) is 18.0 Å². The summed E-state index contributed by atoms with van der Waals surface area (Å²) in [7, 11) is 0. The molecule has 7 heteroatoms. The zero-order valence-electron chi connectivity index (χ0n) is 14.5. The number of carbonyl (C=O) groups excluding carboxylic acids is 2. The summed E-state index contributed by atoms with van der Waals surface area (Å²) >= 11 is 0. The SMILES string of the molecule is NC(=O)c1ccc2c(c1)CCCC2NC(=O)Cc1ccc(C(F)(F)F)cc1. The number of amides is 2. The molecule has 0 aliphatic heterocycles. The van der Waals surface area contributed by atoms with Crippen LogP contribution in [0.25, 0.3) is 0 Å². The summed E-state index contributed by atoms with van der Waals surface area (Å²) in [5.41, 5.74) is 7.45. The second-order valence-electron chi connectivity index (χ2n) is 6.66. The first-order valence-corrected chi connectivity index (χ1v) is 8.62. The maximum absolute atomic E-state index is 12.6. The fraction of sp³-hybridized carbons (Fsp3) is 0.300. The zero-order valence-corrected chi connectivity index (χ0v) is 14.5. The predicted molar refractivity (Wildman–Crippen MR) is 93.9 cm³/mol. The van der Waals surface area contributed by atoms with Gasteiger partial charge >= 0.3 is 6.18 Å². The molecular weight excluding hydrogens is 357 g/mol. The third-order valence-electron chi connectivity index (χ3n) is 4.72. The van der Waals surface area contributed by atoms with Gasteiger partial charge in [0.2, 0.25) is 11.8 Å². The fourth-order valence-electron chi connectivity index (χ4n) is 3.36. The number of nitrogens with one attached hydrogen (secondary N) is 1. The van der Waals surface area contributed by atoms with Crippen LogP contribution in [0.3, 0.4) is 0 Å². The Morgan fingerprint density at radius 3 is 2.44 bits per heavy atom. The van der Waals surface area contributed by atoms with Gasteiger partial charge in [0.15, 0.2) is 0 Å². The molecule has 0 bridgehead atoms. The highest BCUT2D eigenvalue weighted by Gasteiger charge is 2.30. The van der Waals surface area contributed by atoms with Gasteiger partial charge in [0, 0.05) is 5.56 Å². The van der Waals surface area contributed by atoms with Gasteiger partial charge in [-0.3, -0.25) is 9.59 Å². The van der Waals surface area contributed by atoms with Gasteiger partial charge in [-0.15, -0.1) is 0 Å². The van der Waals surface area contributed by atoms with Gasteiger partial charge in [0.25, 0.3) is 0 Å². The Hall–Kier alpha value is -2.83. The molecule has 2 amide bonds. The second-order valence-corrected chi connectivity index (χ2v) is 6.66. The summed E-state index contributed by atoms with van der Waals surface area (Å²) in [5.74, 6) is -0.752. The minimum atomic E-state index is -4.39. The fourth-order valence-corrected chi connectivity index (χ4v) is 3.36. The molecule has 0 aromatic heterocycles. The smallest absolute Gasteiger partial charge is 0.366 e. The molecule has 1 aliphatic carbocycles. The summed E-state index contributed by atoms with van der Waals surface area (Å²) in [6.45, 7) is 0. The molecule has 1 atom stereocenters. The third-order valence-corrected chi connectivity index (χ3v) is 4.72. The number of rotatable bonds is 4. The molecule has 0 fully saturated rings. The molecule has 142 valence electrons. The van der Waals surface area contributed by atoms with Crippen molar-refractivity contribution in [3.05, 3.63) is 70.3 Å². The first-order valence-electron chi connectivity index (χ1n) is 8.62. The number of primary amides is 1. The Balaban J connectivity index is 1.68. The molecule has 1 unspecified atom stereocenters. The van der Waals surface area contributed by atoms with Crippen molar-refractivity contribution in [2.45, 2.75) is 37.9 Å². The molecule has 0 radical (unpaired) electrons. The highest BCUT2D eigenvalue weighted by atomic mass is 19.4. The van der Waals surface area contributed by atoms with Crippen LogP contribution in [-0.2, 0) is 23.8 Å². The maximum Gasteiger partial charge on any atom is 0.416 e. The first kappa shape index (κ1) is 18.9. The van der Waals surface area contributed by atoms with Crippen LogP contribution in [-0.4, -0.2) is 11.8 Å². The number of carbonyl (C=O) groups is 2. The van der Waals surface area contributed by atoms with Crippen molar-refractivity contribution in [2.24, 2.45) is 5.73 Å². The van der Waals surface area contributed by atoms with E-state index in [4.69, 9.17) is 5.73 Å². The minimum absolute atomic E-state index is 0.00331. The van der Waals surface area contributed by atoms with Gasteiger partial charge in [-0.1, -0.05) is 18.2 Å². The van der Waals surface area contributed by atoms with Gasteiger partial charge in [-0.05, 0) is 60.2 Å². The van der Waals surface area contributed by atoms with Crippen LogP contribution in [0.5, 0.6) is 0 Å². The van der Waals surface area contributed by atoms with Crippen molar-refractivity contribution in [1.29, 1.82) is 0 Å². The number of alkyl halides is 3. The highest BCUT2D eigenvalue weighted by molar-refractivity contribution is 5.93. The highest BCUT2D eigenvalue weighted by Crippen LogP contribution is 2.31. The van der Waals surface area contributed by atoms with E-state index in [2.05, 4.69) is 5.32 Å². The summed E-state index contributed by atoms with van der Waals surface area (Å²) < 4.78 is 37.8. The maximum atomic E-state index is 12.6. The third kappa shape index (κ3) is 4.48. The van der Waals surface area contributed by atoms with Gasteiger partial charge in [-0.25, -0.2) is 0 Å². The zero-order chi connectivity index (χ0) is 19.6. The summed E-state index contributed by atoms with van der Waals surface area (Å²) in [6, 6.07) is 9.60. The summed E-state index contributed by atoms with van der Waals surface area (Å²) in [5, 5.41) is 2.94. The monoisotopic (exact) mass is 376 g/mol. The lowest BCUT2D eigenvalue weighted by molar-refractivity contribution is -0.137. The lowest BCUT2D eigenvalue weighted by Crippen LogP contribution is -2.32. The van der Waals surface area contributed by atoms with Crippen LogP contribution in [0, 0.1) is 0 Å². The van der Waals surface area contributed by atoms with E-state index >= 15 is 0 Å². The Bertz CT molecular complexity index is 861. The molecule has 0 spiro atoms. The molecule has 3 rings (SSSR count). The average Bonchev–Trinajstić information content (AvgIpc) is 2.61. The number of benzene rings is 2. The average molecular weight is 376 g/mol. The predicted octanol–water partition coefficient (Wildman–Crippen LogP) is 3.54. The van der Waals surface area contributed by atoms with E-state index < -0.39 is 17.6 Å². The van der Waals surface area contributed by atoms with E-state index in [1.54, 1.807) is 18.2 Å². The number of fused-ring (bicyclic) bond motifs is 1. The number of aryl methyl sites for hydroxylation is 1. The van der Waals surface area contributed by atoms with E-state index in [1.165, 1.54) is 12.1 Å². The van der Waals surface area contributed by atoms with Gasteiger partial charge < -0.3 is 11.1 Å². The second kappa shape index (κ2) is 7.42. The first-order chi connectivity index (χ1) is 12.7. The van der Waals surface area contributed by atoms with E-state index in [-0.39, 0.29) is 18.4 Å². The lowest BCUT2D eigenvalue weighted by atomic mass is 9.86. The molecule has 0 saturated heterocycles. The van der Waals surface area contributed by atoms with E-state index in [0.717, 1.165) is 42.5 Å². The van der Waals surface area contributed by atoms with Crippen molar-refractivity contribution in [3.8, 4) is 0 Å². The number of hydrogen-bond acceptors (Lipinski definition) is 2. The van der Waals surface area contributed by atoms with Crippen LogP contribution in [0.4, 0.5) is 13.2 Å². The van der Waals surface area contributed by atoms with Gasteiger partial charge in [-0.2, -0.15) is 13.2 Å². The van der Waals surface area contributed by atoms with Crippen molar-refractivity contribution >= 4 is 11.8 Å². The van der Waals surface area contributed by atoms with Crippen LogP contribution >= 0.6 is 0 Å². The van der Waals surface area contributed by atoms with Crippen molar-refractivity contribution in [1.82, 2.24) is 5.32 Å². The largest absolute Gasteiger partial charge is 0.416 e. The molecule has 3 N–H and O–H groups in total. The molecule has 0 heterocycles. The van der Waals surface area contributed by atoms with Crippen LogP contribution in [0.15, 0.2) is 42.5 Å². The summed E-state index contributed by atoms with van der Waals surface area (Å²) in [4.78, 5) is 23.7. The Morgan fingerprint density at radius 1 is 1.11 bits per heavy atom.